The maximum absolute atomic E-state index is 13.7. The van der Waals surface area contributed by atoms with E-state index in [1.165, 1.54) is 42.5 Å². The van der Waals surface area contributed by atoms with Gasteiger partial charge in [0.15, 0.2) is 0 Å². The fourth-order valence-corrected chi connectivity index (χ4v) is 4.39. The van der Waals surface area contributed by atoms with Crippen LogP contribution < -0.4 is 4.31 Å². The monoisotopic (exact) mass is 391 g/mol. The summed E-state index contributed by atoms with van der Waals surface area (Å²) in [4.78, 5) is -0.205. The van der Waals surface area contributed by atoms with Crippen LogP contribution in [0.1, 0.15) is 11.1 Å². The number of aryl methyl sites for hydroxylation is 1. The quantitative estimate of drug-likeness (QED) is 0.626. The molecule has 27 heavy (non-hydrogen) atoms. The predicted molar refractivity (Wildman–Crippen MR) is 97.3 cm³/mol. The molecular weight excluding hydrogens is 375 g/mol. The molecule has 0 saturated carbocycles. The largest absolute Gasteiger partial charge is 0.264 e. The molecule has 0 aromatic heterocycles. The van der Waals surface area contributed by atoms with Gasteiger partial charge in [-0.25, -0.2) is 21.6 Å². The molecule has 3 aromatic carbocycles. The summed E-state index contributed by atoms with van der Waals surface area (Å²) in [6.45, 7) is 1.36. The van der Waals surface area contributed by atoms with Gasteiger partial charge in [0.25, 0.3) is 10.0 Å². The van der Waals surface area contributed by atoms with E-state index in [0.29, 0.717) is 11.1 Å². The van der Waals surface area contributed by atoms with Gasteiger partial charge in [0.2, 0.25) is 0 Å². The molecule has 0 aliphatic carbocycles. The Balaban J connectivity index is 2.13. The van der Waals surface area contributed by atoms with Gasteiger partial charge in [-0.2, -0.15) is 0 Å². The summed E-state index contributed by atoms with van der Waals surface area (Å²) >= 11 is 0. The van der Waals surface area contributed by atoms with Gasteiger partial charge in [0, 0.05) is 0 Å². The third kappa shape index (κ3) is 4.14. The van der Waals surface area contributed by atoms with Gasteiger partial charge in [0.1, 0.15) is 17.5 Å². The molecule has 3 aromatic rings. The van der Waals surface area contributed by atoms with Crippen LogP contribution in [0.25, 0.3) is 0 Å². The maximum Gasteiger partial charge on any atom is 0.264 e. The smallest absolute Gasteiger partial charge is 0.262 e. The van der Waals surface area contributed by atoms with E-state index in [-0.39, 0.29) is 17.1 Å². The highest BCUT2D eigenvalue weighted by atomic mass is 32.2. The second kappa shape index (κ2) is 7.44. The standard InChI is InChI=1S/C20H16F3NO2S/c1-14-5-6-18(23)12-20(14)27(25,26)24(19-9-7-16(21)8-10-19)13-15-3-2-4-17(22)11-15/h2-12H,13H2,1H3. The van der Waals surface area contributed by atoms with Crippen molar-refractivity contribution >= 4 is 15.7 Å². The highest BCUT2D eigenvalue weighted by Gasteiger charge is 2.27. The van der Waals surface area contributed by atoms with Gasteiger partial charge in [-0.05, 0) is 66.6 Å². The van der Waals surface area contributed by atoms with Crippen molar-refractivity contribution in [2.75, 3.05) is 4.31 Å². The Morgan fingerprint density at radius 2 is 1.44 bits per heavy atom. The first kappa shape index (κ1) is 19.0. The Hall–Kier alpha value is -2.80. The zero-order chi connectivity index (χ0) is 19.6. The van der Waals surface area contributed by atoms with Crippen LogP contribution in [-0.2, 0) is 16.6 Å². The number of benzene rings is 3. The molecule has 0 unspecified atom stereocenters. The number of rotatable bonds is 5. The van der Waals surface area contributed by atoms with Crippen molar-refractivity contribution in [3.63, 3.8) is 0 Å². The Bertz CT molecular complexity index is 1070. The van der Waals surface area contributed by atoms with Gasteiger partial charge in [0.05, 0.1) is 17.1 Å². The summed E-state index contributed by atoms with van der Waals surface area (Å²) in [6.07, 6.45) is 0. The van der Waals surface area contributed by atoms with Crippen molar-refractivity contribution < 1.29 is 21.6 Å². The molecule has 7 heteroatoms. The summed E-state index contributed by atoms with van der Waals surface area (Å²) in [5.74, 6) is -1.72. The maximum atomic E-state index is 13.7. The number of nitrogens with zero attached hydrogens (tertiary/aromatic N) is 1. The Morgan fingerprint density at radius 1 is 0.815 bits per heavy atom. The van der Waals surface area contributed by atoms with Crippen LogP contribution >= 0.6 is 0 Å². The van der Waals surface area contributed by atoms with Crippen molar-refractivity contribution in [1.82, 2.24) is 0 Å². The Morgan fingerprint density at radius 3 is 2.11 bits per heavy atom. The predicted octanol–water partition coefficient (Wildman–Crippen LogP) is 4.81. The van der Waals surface area contributed by atoms with Crippen LogP contribution in [-0.4, -0.2) is 8.42 Å². The molecule has 0 amide bonds. The molecule has 0 radical (unpaired) electrons. The van der Waals surface area contributed by atoms with E-state index >= 15 is 0 Å². The van der Waals surface area contributed by atoms with Gasteiger partial charge in [-0.1, -0.05) is 18.2 Å². The molecule has 0 N–H and O–H groups in total. The minimum Gasteiger partial charge on any atom is -0.262 e. The number of hydrogen-bond acceptors (Lipinski definition) is 2. The Labute approximate surface area is 155 Å². The molecule has 0 bridgehead atoms. The van der Waals surface area contributed by atoms with E-state index in [1.807, 2.05) is 0 Å². The first-order valence-corrected chi connectivity index (χ1v) is 9.50. The lowest BCUT2D eigenvalue weighted by Gasteiger charge is -2.25. The van der Waals surface area contributed by atoms with Crippen LogP contribution in [0.15, 0.2) is 71.6 Å². The van der Waals surface area contributed by atoms with E-state index in [2.05, 4.69) is 0 Å². The summed E-state index contributed by atoms with van der Waals surface area (Å²) in [5.41, 5.74) is 0.948. The Kier molecular flexibility index (Phi) is 5.23. The lowest BCUT2D eigenvalue weighted by atomic mass is 10.2. The zero-order valence-electron chi connectivity index (χ0n) is 14.4. The molecule has 3 nitrogen and oxygen atoms in total. The van der Waals surface area contributed by atoms with Gasteiger partial charge in [-0.3, -0.25) is 4.31 Å². The molecule has 0 saturated heterocycles. The van der Waals surface area contributed by atoms with Crippen LogP contribution in [0.3, 0.4) is 0 Å². The van der Waals surface area contributed by atoms with E-state index in [0.717, 1.165) is 22.5 Å². The molecule has 0 aliphatic heterocycles. The fraction of sp³-hybridized carbons (Fsp3) is 0.100. The molecular formula is C20H16F3NO2S. The van der Waals surface area contributed by atoms with Crippen molar-refractivity contribution in [2.24, 2.45) is 0 Å². The van der Waals surface area contributed by atoms with Crippen LogP contribution in [0, 0.1) is 24.4 Å². The molecule has 0 aliphatic rings. The van der Waals surface area contributed by atoms with Crippen molar-refractivity contribution in [2.45, 2.75) is 18.4 Å². The minimum atomic E-state index is -4.18. The van der Waals surface area contributed by atoms with Gasteiger partial charge in [-0.15, -0.1) is 0 Å². The number of sulfonamides is 1. The zero-order valence-corrected chi connectivity index (χ0v) is 15.2. The normalized spacial score (nSPS) is 11.4. The van der Waals surface area contributed by atoms with Crippen molar-refractivity contribution in [1.29, 1.82) is 0 Å². The van der Waals surface area contributed by atoms with Gasteiger partial charge < -0.3 is 0 Å². The lowest BCUT2D eigenvalue weighted by Crippen LogP contribution is -2.31. The van der Waals surface area contributed by atoms with Crippen molar-refractivity contribution in [3.8, 4) is 0 Å². The molecule has 0 fully saturated rings. The van der Waals surface area contributed by atoms with E-state index < -0.39 is 27.5 Å². The summed E-state index contributed by atoms with van der Waals surface area (Å²) in [6, 6.07) is 13.8. The van der Waals surface area contributed by atoms with E-state index in [1.54, 1.807) is 13.0 Å². The van der Waals surface area contributed by atoms with E-state index in [4.69, 9.17) is 0 Å². The second-order valence-electron chi connectivity index (χ2n) is 6.03. The minimum absolute atomic E-state index is 0.185. The molecule has 140 valence electrons. The number of hydrogen-bond donors (Lipinski definition) is 0. The van der Waals surface area contributed by atoms with Crippen LogP contribution in [0.2, 0.25) is 0 Å². The average Bonchev–Trinajstić information content (AvgIpc) is 2.62. The first-order chi connectivity index (χ1) is 12.8. The van der Waals surface area contributed by atoms with Gasteiger partial charge >= 0.3 is 0 Å². The molecule has 0 heterocycles. The SMILES string of the molecule is Cc1ccc(F)cc1S(=O)(=O)N(Cc1cccc(F)c1)c1ccc(F)cc1. The average molecular weight is 391 g/mol. The fourth-order valence-electron chi connectivity index (χ4n) is 2.69. The van der Waals surface area contributed by atoms with Crippen LogP contribution in [0.5, 0.6) is 0 Å². The van der Waals surface area contributed by atoms with Crippen molar-refractivity contribution in [3.05, 3.63) is 95.3 Å². The molecule has 3 rings (SSSR count). The third-order valence-corrected chi connectivity index (χ3v) is 5.96. The second-order valence-corrected chi connectivity index (χ2v) is 7.86. The van der Waals surface area contributed by atoms with E-state index in [9.17, 15) is 21.6 Å². The summed E-state index contributed by atoms with van der Waals surface area (Å²) in [5, 5.41) is 0. The highest BCUT2D eigenvalue weighted by molar-refractivity contribution is 7.92. The molecule has 0 spiro atoms. The first-order valence-electron chi connectivity index (χ1n) is 8.06. The highest BCUT2D eigenvalue weighted by Crippen LogP contribution is 2.28. The number of anilines is 1. The summed E-state index contributed by atoms with van der Waals surface area (Å²) in [7, 11) is -4.18. The number of halogens is 3. The summed E-state index contributed by atoms with van der Waals surface area (Å²) < 4.78 is 68.0. The lowest BCUT2D eigenvalue weighted by molar-refractivity contribution is 0.584. The molecule has 0 atom stereocenters. The third-order valence-electron chi connectivity index (χ3n) is 4.05. The topological polar surface area (TPSA) is 37.4 Å². The van der Waals surface area contributed by atoms with Crippen LogP contribution in [0.4, 0.5) is 18.9 Å².